The smallest absolute Gasteiger partial charge is 0.129 e. The first kappa shape index (κ1) is 13.6. The summed E-state index contributed by atoms with van der Waals surface area (Å²) in [6, 6.07) is 5.78. The third-order valence-electron chi connectivity index (χ3n) is 2.83. The lowest BCUT2D eigenvalue weighted by Crippen LogP contribution is -1.86. The molecule has 0 aromatic heterocycles. The summed E-state index contributed by atoms with van der Waals surface area (Å²) in [7, 11) is 0. The minimum absolute atomic E-state index is 0.326. The van der Waals surface area contributed by atoms with Crippen LogP contribution in [0.4, 0.5) is 0 Å². The Morgan fingerprint density at radius 3 is 2.44 bits per heavy atom. The van der Waals surface area contributed by atoms with E-state index in [1.807, 2.05) is 12.1 Å². The zero-order valence-electron chi connectivity index (χ0n) is 10.0. The van der Waals surface area contributed by atoms with Crippen molar-refractivity contribution in [1.82, 2.24) is 0 Å². The van der Waals surface area contributed by atoms with Crippen molar-refractivity contribution in [3.05, 3.63) is 28.2 Å². The van der Waals surface area contributed by atoms with Gasteiger partial charge in [0.1, 0.15) is 5.75 Å². The van der Waals surface area contributed by atoms with Gasteiger partial charge in [-0.05, 0) is 46.5 Å². The van der Waals surface area contributed by atoms with Crippen molar-refractivity contribution in [2.24, 2.45) is 0 Å². The normalized spacial score (nSPS) is 10.6. The molecule has 90 valence electrons. The fraction of sp³-hybridized carbons (Fsp3) is 0.571. The number of rotatable bonds is 7. The SMILES string of the molecule is CCCCCCCCc1ccc(O)c(Br)c1. The number of unbranched alkanes of at least 4 members (excludes halogenated alkanes) is 5. The van der Waals surface area contributed by atoms with E-state index in [1.165, 1.54) is 44.1 Å². The Bertz CT molecular complexity index is 310. The number of hydrogen-bond donors (Lipinski definition) is 1. The highest BCUT2D eigenvalue weighted by Gasteiger charge is 1.99. The molecule has 0 aliphatic heterocycles. The summed E-state index contributed by atoms with van der Waals surface area (Å²) in [6.07, 6.45) is 9.09. The van der Waals surface area contributed by atoms with Crippen LogP contribution in [0.5, 0.6) is 5.75 Å². The zero-order valence-corrected chi connectivity index (χ0v) is 11.6. The van der Waals surface area contributed by atoms with Crippen molar-refractivity contribution in [3.63, 3.8) is 0 Å². The minimum Gasteiger partial charge on any atom is -0.507 e. The van der Waals surface area contributed by atoms with E-state index in [0.717, 1.165) is 10.9 Å². The van der Waals surface area contributed by atoms with Crippen LogP contribution < -0.4 is 0 Å². The predicted octanol–water partition coefficient (Wildman–Crippen LogP) is 5.06. The van der Waals surface area contributed by atoms with Crippen molar-refractivity contribution in [1.29, 1.82) is 0 Å². The third-order valence-corrected chi connectivity index (χ3v) is 3.47. The molecule has 16 heavy (non-hydrogen) atoms. The summed E-state index contributed by atoms with van der Waals surface area (Å²) in [5.74, 6) is 0.326. The van der Waals surface area contributed by atoms with Gasteiger partial charge in [0.05, 0.1) is 4.47 Å². The van der Waals surface area contributed by atoms with Gasteiger partial charge in [-0.15, -0.1) is 0 Å². The largest absolute Gasteiger partial charge is 0.507 e. The molecule has 1 aromatic carbocycles. The number of benzene rings is 1. The molecule has 2 heteroatoms. The molecule has 0 bridgehead atoms. The Hall–Kier alpha value is -0.500. The summed E-state index contributed by atoms with van der Waals surface area (Å²) in [6.45, 7) is 2.24. The standard InChI is InChI=1S/C14H21BrO/c1-2-3-4-5-6-7-8-12-9-10-14(16)13(15)11-12/h9-11,16H,2-8H2,1H3. The van der Waals surface area contributed by atoms with Crippen molar-refractivity contribution >= 4 is 15.9 Å². The maximum absolute atomic E-state index is 9.37. The maximum Gasteiger partial charge on any atom is 0.129 e. The van der Waals surface area contributed by atoms with Gasteiger partial charge in [-0.25, -0.2) is 0 Å². The molecular formula is C14H21BrO. The molecule has 0 aliphatic rings. The van der Waals surface area contributed by atoms with Crippen LogP contribution >= 0.6 is 15.9 Å². The van der Waals surface area contributed by atoms with Crippen molar-refractivity contribution < 1.29 is 5.11 Å². The summed E-state index contributed by atoms with van der Waals surface area (Å²) in [4.78, 5) is 0. The number of phenols is 1. The van der Waals surface area contributed by atoms with Crippen molar-refractivity contribution in [2.45, 2.75) is 51.9 Å². The van der Waals surface area contributed by atoms with Crippen LogP contribution in [-0.2, 0) is 6.42 Å². The van der Waals surface area contributed by atoms with Gasteiger partial charge in [0.2, 0.25) is 0 Å². The molecule has 0 spiro atoms. The summed E-state index contributed by atoms with van der Waals surface area (Å²) >= 11 is 3.34. The second-order valence-electron chi connectivity index (χ2n) is 4.30. The monoisotopic (exact) mass is 284 g/mol. The average molecular weight is 285 g/mol. The molecule has 0 saturated carbocycles. The molecular weight excluding hydrogens is 264 g/mol. The van der Waals surface area contributed by atoms with Crippen LogP contribution in [0.15, 0.2) is 22.7 Å². The average Bonchev–Trinajstić information content (AvgIpc) is 2.28. The van der Waals surface area contributed by atoms with Crippen LogP contribution in [-0.4, -0.2) is 5.11 Å². The van der Waals surface area contributed by atoms with E-state index in [4.69, 9.17) is 0 Å². The Labute approximate surface area is 107 Å². The fourth-order valence-electron chi connectivity index (χ4n) is 1.82. The molecule has 0 fully saturated rings. The van der Waals surface area contributed by atoms with Crippen molar-refractivity contribution in [3.8, 4) is 5.75 Å². The van der Waals surface area contributed by atoms with E-state index in [0.29, 0.717) is 5.75 Å². The second-order valence-corrected chi connectivity index (χ2v) is 5.16. The van der Waals surface area contributed by atoms with Crippen LogP contribution in [0.3, 0.4) is 0 Å². The van der Waals surface area contributed by atoms with E-state index < -0.39 is 0 Å². The van der Waals surface area contributed by atoms with Gasteiger partial charge in [-0.3, -0.25) is 0 Å². The molecule has 1 nitrogen and oxygen atoms in total. The lowest BCUT2D eigenvalue weighted by molar-refractivity contribution is 0.471. The van der Waals surface area contributed by atoms with Gasteiger partial charge < -0.3 is 5.11 Å². The minimum atomic E-state index is 0.326. The molecule has 0 radical (unpaired) electrons. The highest BCUT2D eigenvalue weighted by Crippen LogP contribution is 2.25. The number of phenolic OH excluding ortho intramolecular Hbond substituents is 1. The van der Waals surface area contributed by atoms with Gasteiger partial charge in [0.25, 0.3) is 0 Å². The van der Waals surface area contributed by atoms with Crippen LogP contribution in [0, 0.1) is 0 Å². The number of aromatic hydroxyl groups is 1. The highest BCUT2D eigenvalue weighted by atomic mass is 79.9. The quantitative estimate of drug-likeness (QED) is 0.694. The first-order valence-electron chi connectivity index (χ1n) is 6.21. The summed E-state index contributed by atoms with van der Waals surface area (Å²) < 4.78 is 0.802. The number of hydrogen-bond acceptors (Lipinski definition) is 1. The van der Waals surface area contributed by atoms with E-state index in [9.17, 15) is 5.11 Å². The molecule has 1 rings (SSSR count). The van der Waals surface area contributed by atoms with E-state index in [1.54, 1.807) is 6.07 Å². The Kier molecular flexibility index (Phi) is 6.55. The molecule has 0 unspecified atom stereocenters. The van der Waals surface area contributed by atoms with E-state index in [-0.39, 0.29) is 0 Å². The first-order chi connectivity index (χ1) is 7.74. The van der Waals surface area contributed by atoms with Gasteiger partial charge in [0.15, 0.2) is 0 Å². The second kappa shape index (κ2) is 7.72. The first-order valence-corrected chi connectivity index (χ1v) is 7.00. The summed E-state index contributed by atoms with van der Waals surface area (Å²) in [5, 5.41) is 9.37. The Morgan fingerprint density at radius 1 is 1.06 bits per heavy atom. The number of aryl methyl sites for hydroxylation is 1. The number of halogens is 1. The summed E-state index contributed by atoms with van der Waals surface area (Å²) in [5.41, 5.74) is 1.31. The molecule has 0 atom stereocenters. The fourth-order valence-corrected chi connectivity index (χ4v) is 2.24. The lowest BCUT2D eigenvalue weighted by atomic mass is 10.1. The molecule has 0 aliphatic carbocycles. The molecule has 0 heterocycles. The van der Waals surface area contributed by atoms with E-state index >= 15 is 0 Å². The zero-order chi connectivity index (χ0) is 11.8. The van der Waals surface area contributed by atoms with Gasteiger partial charge >= 0.3 is 0 Å². The molecule has 1 N–H and O–H groups in total. The lowest BCUT2D eigenvalue weighted by Gasteiger charge is -2.03. The maximum atomic E-state index is 9.37. The third kappa shape index (κ3) is 5.02. The van der Waals surface area contributed by atoms with Gasteiger partial charge in [0, 0.05) is 0 Å². The highest BCUT2D eigenvalue weighted by molar-refractivity contribution is 9.10. The van der Waals surface area contributed by atoms with Crippen molar-refractivity contribution in [2.75, 3.05) is 0 Å². The molecule has 1 aromatic rings. The molecule has 0 amide bonds. The van der Waals surface area contributed by atoms with E-state index in [2.05, 4.69) is 22.9 Å². The Balaban J connectivity index is 2.19. The molecule has 0 saturated heterocycles. The van der Waals surface area contributed by atoms with Crippen LogP contribution in [0.25, 0.3) is 0 Å². The predicted molar refractivity (Wildman–Crippen MR) is 72.9 cm³/mol. The van der Waals surface area contributed by atoms with Gasteiger partial charge in [-0.2, -0.15) is 0 Å². The topological polar surface area (TPSA) is 20.2 Å². The van der Waals surface area contributed by atoms with Crippen LogP contribution in [0.2, 0.25) is 0 Å². The van der Waals surface area contributed by atoms with Crippen LogP contribution in [0.1, 0.15) is 51.0 Å². The Morgan fingerprint density at radius 2 is 1.75 bits per heavy atom. The van der Waals surface area contributed by atoms with Gasteiger partial charge in [-0.1, -0.05) is 45.1 Å².